The van der Waals surface area contributed by atoms with Crippen molar-refractivity contribution in [1.82, 2.24) is 9.62 Å². The van der Waals surface area contributed by atoms with E-state index in [1.54, 1.807) is 0 Å². The molecule has 0 radical (unpaired) electrons. The molecule has 1 aliphatic heterocycles. The quantitative estimate of drug-likeness (QED) is 0.726. The Bertz CT molecular complexity index is 539. The third-order valence-corrected chi connectivity index (χ3v) is 6.19. The highest BCUT2D eigenvalue weighted by Crippen LogP contribution is 2.24. The van der Waals surface area contributed by atoms with Crippen LogP contribution >= 0.6 is 0 Å². The molecule has 1 rings (SSSR count). The second-order valence-corrected chi connectivity index (χ2v) is 9.39. The summed E-state index contributed by atoms with van der Waals surface area (Å²) in [5, 5.41) is 2.94. The summed E-state index contributed by atoms with van der Waals surface area (Å²) in [5.74, 6) is -1.51. The minimum atomic E-state index is -4.66. The predicted molar refractivity (Wildman–Crippen MR) is 72.2 cm³/mol. The third-order valence-electron chi connectivity index (χ3n) is 3.12. The van der Waals surface area contributed by atoms with Crippen molar-refractivity contribution in [2.75, 3.05) is 37.4 Å². The molecule has 0 atom stereocenters. The van der Waals surface area contributed by atoms with E-state index in [0.717, 1.165) is 6.26 Å². The third kappa shape index (κ3) is 6.94. The van der Waals surface area contributed by atoms with Crippen molar-refractivity contribution in [3.05, 3.63) is 0 Å². The maximum absolute atomic E-state index is 12.6. The molecule has 126 valence electrons. The first-order chi connectivity index (χ1) is 9.41. The van der Waals surface area contributed by atoms with Crippen LogP contribution in [-0.4, -0.2) is 70.8 Å². The van der Waals surface area contributed by atoms with Gasteiger partial charge in [-0.1, -0.05) is 0 Å². The lowest BCUT2D eigenvalue weighted by Crippen LogP contribution is -2.50. The SMILES string of the molecule is CS(=O)(=O)CCS(=O)(=O)N(CC(F)(F)F)C1CCNCC1. The summed E-state index contributed by atoms with van der Waals surface area (Å²) < 4.78 is 84.6. The van der Waals surface area contributed by atoms with Gasteiger partial charge >= 0.3 is 6.18 Å². The van der Waals surface area contributed by atoms with Gasteiger partial charge in [0.2, 0.25) is 10.0 Å². The van der Waals surface area contributed by atoms with Crippen molar-refractivity contribution in [2.24, 2.45) is 0 Å². The highest BCUT2D eigenvalue weighted by molar-refractivity contribution is 7.93. The van der Waals surface area contributed by atoms with Gasteiger partial charge in [0, 0.05) is 12.3 Å². The number of nitrogens with one attached hydrogen (secondary N) is 1. The van der Waals surface area contributed by atoms with Crippen molar-refractivity contribution in [3.63, 3.8) is 0 Å². The highest BCUT2D eigenvalue weighted by atomic mass is 32.2. The van der Waals surface area contributed by atoms with Gasteiger partial charge in [-0.05, 0) is 25.9 Å². The summed E-state index contributed by atoms with van der Waals surface area (Å²) in [5.41, 5.74) is 0. The molecule has 1 fully saturated rings. The summed E-state index contributed by atoms with van der Waals surface area (Å²) >= 11 is 0. The van der Waals surface area contributed by atoms with Gasteiger partial charge in [-0.3, -0.25) is 0 Å². The maximum Gasteiger partial charge on any atom is 0.402 e. The Kier molecular flexibility index (Phi) is 6.04. The van der Waals surface area contributed by atoms with Crippen molar-refractivity contribution in [1.29, 1.82) is 0 Å². The van der Waals surface area contributed by atoms with Gasteiger partial charge in [0.1, 0.15) is 16.4 Å². The molecule has 21 heavy (non-hydrogen) atoms. The lowest BCUT2D eigenvalue weighted by Gasteiger charge is -2.34. The van der Waals surface area contributed by atoms with Gasteiger partial charge in [0.05, 0.1) is 11.5 Å². The molecule has 0 amide bonds. The number of nitrogens with zero attached hydrogens (tertiary/aromatic N) is 1. The Morgan fingerprint density at radius 2 is 1.62 bits per heavy atom. The zero-order chi connectivity index (χ0) is 16.3. The zero-order valence-corrected chi connectivity index (χ0v) is 13.2. The second kappa shape index (κ2) is 6.80. The van der Waals surface area contributed by atoms with Crippen LogP contribution in [-0.2, 0) is 19.9 Å². The minimum absolute atomic E-state index is 0.272. The molecule has 11 heteroatoms. The molecule has 1 saturated heterocycles. The maximum atomic E-state index is 12.6. The van der Waals surface area contributed by atoms with Crippen LogP contribution in [0.25, 0.3) is 0 Å². The molecule has 6 nitrogen and oxygen atoms in total. The molecule has 0 unspecified atom stereocenters. The van der Waals surface area contributed by atoms with Gasteiger partial charge < -0.3 is 5.32 Å². The molecule has 0 saturated carbocycles. The molecule has 1 aliphatic rings. The van der Waals surface area contributed by atoms with E-state index in [1.165, 1.54) is 0 Å². The summed E-state index contributed by atoms with van der Waals surface area (Å²) in [4.78, 5) is 0. The number of sulfone groups is 1. The van der Waals surface area contributed by atoms with E-state index in [9.17, 15) is 30.0 Å². The Hall–Kier alpha value is -0.390. The molecule has 1 heterocycles. The largest absolute Gasteiger partial charge is 0.402 e. The first-order valence-corrected chi connectivity index (χ1v) is 10.0. The topological polar surface area (TPSA) is 83.5 Å². The Morgan fingerprint density at radius 1 is 1.10 bits per heavy atom. The monoisotopic (exact) mass is 352 g/mol. The van der Waals surface area contributed by atoms with Gasteiger partial charge in [0.25, 0.3) is 0 Å². The first-order valence-electron chi connectivity index (χ1n) is 6.35. The summed E-state index contributed by atoms with van der Waals surface area (Å²) in [6.45, 7) is -0.717. The van der Waals surface area contributed by atoms with E-state index in [0.29, 0.717) is 17.4 Å². The van der Waals surface area contributed by atoms with Gasteiger partial charge in [0.15, 0.2) is 0 Å². The lowest BCUT2D eigenvalue weighted by atomic mass is 10.1. The van der Waals surface area contributed by atoms with Crippen LogP contribution in [0.1, 0.15) is 12.8 Å². The Morgan fingerprint density at radius 3 is 2.05 bits per heavy atom. The summed E-state index contributed by atoms with van der Waals surface area (Å²) in [6.07, 6.45) is -3.27. The minimum Gasteiger partial charge on any atom is -0.317 e. The van der Waals surface area contributed by atoms with Crippen LogP contribution in [0.15, 0.2) is 0 Å². The van der Waals surface area contributed by atoms with E-state index in [4.69, 9.17) is 0 Å². The predicted octanol–water partition coefficient (Wildman–Crippen LogP) is -0.0229. The molecule has 0 aromatic heterocycles. The number of alkyl halides is 3. The zero-order valence-electron chi connectivity index (χ0n) is 11.6. The first kappa shape index (κ1) is 18.7. The van der Waals surface area contributed by atoms with Crippen LogP contribution in [0.4, 0.5) is 13.2 Å². The van der Waals surface area contributed by atoms with Crippen molar-refractivity contribution < 1.29 is 30.0 Å². The van der Waals surface area contributed by atoms with Crippen molar-refractivity contribution in [3.8, 4) is 0 Å². The fraction of sp³-hybridized carbons (Fsp3) is 1.00. The average molecular weight is 352 g/mol. The second-order valence-electron chi connectivity index (χ2n) is 5.09. The molecule has 0 aliphatic carbocycles. The van der Waals surface area contributed by atoms with Crippen LogP contribution in [0.5, 0.6) is 0 Å². The fourth-order valence-corrected chi connectivity index (χ4v) is 5.40. The molecule has 0 aromatic rings. The van der Waals surface area contributed by atoms with Gasteiger partial charge in [-0.15, -0.1) is 0 Å². The molecule has 1 N–H and O–H groups in total. The van der Waals surface area contributed by atoms with E-state index >= 15 is 0 Å². The molecular weight excluding hydrogens is 333 g/mol. The Labute approximate surface area is 122 Å². The fourth-order valence-electron chi connectivity index (χ4n) is 2.10. The van der Waals surface area contributed by atoms with E-state index in [2.05, 4.69) is 5.32 Å². The number of hydrogen-bond acceptors (Lipinski definition) is 5. The molecular formula is C10H19F3N2O4S2. The lowest BCUT2D eigenvalue weighted by molar-refractivity contribution is -0.140. The van der Waals surface area contributed by atoms with Gasteiger partial charge in [-0.2, -0.15) is 17.5 Å². The van der Waals surface area contributed by atoms with Crippen molar-refractivity contribution >= 4 is 19.9 Å². The summed E-state index contributed by atoms with van der Waals surface area (Å²) in [7, 11) is -7.85. The van der Waals surface area contributed by atoms with E-state index < -0.39 is 50.1 Å². The van der Waals surface area contributed by atoms with Crippen LogP contribution in [0.3, 0.4) is 0 Å². The molecule has 0 spiro atoms. The van der Waals surface area contributed by atoms with Crippen LogP contribution in [0.2, 0.25) is 0 Å². The normalized spacial score (nSPS) is 19.1. The van der Waals surface area contributed by atoms with Crippen LogP contribution in [0, 0.1) is 0 Å². The number of sulfonamides is 1. The molecule has 0 aromatic carbocycles. The standard InChI is InChI=1S/C10H19F3N2O4S2/c1-20(16,17)6-7-21(18,19)15(8-10(11,12)13)9-2-4-14-5-3-9/h9,14H,2-8H2,1H3. The van der Waals surface area contributed by atoms with E-state index in [1.807, 2.05) is 0 Å². The number of piperidine rings is 1. The average Bonchev–Trinajstić information content (AvgIpc) is 2.33. The summed E-state index contributed by atoms with van der Waals surface area (Å²) in [6, 6.07) is -0.752. The number of hydrogen-bond donors (Lipinski definition) is 1. The van der Waals surface area contributed by atoms with Gasteiger partial charge in [-0.25, -0.2) is 16.8 Å². The molecule has 0 bridgehead atoms. The Balaban J connectivity index is 2.93. The smallest absolute Gasteiger partial charge is 0.317 e. The number of halogens is 3. The van der Waals surface area contributed by atoms with E-state index in [-0.39, 0.29) is 12.8 Å². The number of rotatable bonds is 6. The van der Waals surface area contributed by atoms with Crippen molar-refractivity contribution in [2.45, 2.75) is 25.1 Å². The van der Waals surface area contributed by atoms with Crippen LogP contribution < -0.4 is 5.32 Å². The highest BCUT2D eigenvalue weighted by Gasteiger charge is 2.40.